The SMILES string of the molecule is COC(=O)/C=C/c1ccccc1OC(C)(C)C. The Morgan fingerprint density at radius 3 is 2.47 bits per heavy atom. The lowest BCUT2D eigenvalue weighted by atomic mass is 10.1. The van der Waals surface area contributed by atoms with Crippen LogP contribution in [0.25, 0.3) is 6.08 Å². The molecule has 0 saturated carbocycles. The first-order valence-electron chi connectivity index (χ1n) is 5.46. The molecule has 0 bridgehead atoms. The van der Waals surface area contributed by atoms with Crippen molar-refractivity contribution in [3.63, 3.8) is 0 Å². The van der Waals surface area contributed by atoms with E-state index in [4.69, 9.17) is 4.74 Å². The molecule has 0 aliphatic heterocycles. The summed E-state index contributed by atoms with van der Waals surface area (Å²) in [7, 11) is 1.35. The summed E-state index contributed by atoms with van der Waals surface area (Å²) in [4.78, 5) is 11.0. The summed E-state index contributed by atoms with van der Waals surface area (Å²) < 4.78 is 10.3. The Morgan fingerprint density at radius 2 is 1.88 bits per heavy atom. The van der Waals surface area contributed by atoms with Crippen molar-refractivity contribution in [2.75, 3.05) is 7.11 Å². The van der Waals surface area contributed by atoms with Gasteiger partial charge in [-0.1, -0.05) is 18.2 Å². The molecule has 0 spiro atoms. The average molecular weight is 234 g/mol. The summed E-state index contributed by atoms with van der Waals surface area (Å²) >= 11 is 0. The molecule has 1 aromatic rings. The van der Waals surface area contributed by atoms with E-state index >= 15 is 0 Å². The van der Waals surface area contributed by atoms with Crippen LogP contribution in [0.5, 0.6) is 5.75 Å². The highest BCUT2D eigenvalue weighted by Crippen LogP contribution is 2.23. The molecule has 0 aliphatic rings. The number of methoxy groups -OCH3 is 1. The van der Waals surface area contributed by atoms with Crippen molar-refractivity contribution in [2.45, 2.75) is 26.4 Å². The van der Waals surface area contributed by atoms with Crippen LogP contribution in [0.4, 0.5) is 0 Å². The lowest BCUT2D eigenvalue weighted by molar-refractivity contribution is -0.134. The van der Waals surface area contributed by atoms with Crippen LogP contribution in [0.2, 0.25) is 0 Å². The van der Waals surface area contributed by atoms with Gasteiger partial charge in [-0.15, -0.1) is 0 Å². The zero-order valence-corrected chi connectivity index (χ0v) is 10.7. The minimum atomic E-state index is -0.379. The lowest BCUT2D eigenvalue weighted by Crippen LogP contribution is -2.23. The number of hydrogen-bond acceptors (Lipinski definition) is 3. The van der Waals surface area contributed by atoms with Crippen LogP contribution in [-0.4, -0.2) is 18.7 Å². The minimum Gasteiger partial charge on any atom is -0.488 e. The minimum absolute atomic E-state index is 0.269. The first-order chi connectivity index (χ1) is 7.92. The smallest absolute Gasteiger partial charge is 0.330 e. The van der Waals surface area contributed by atoms with Crippen LogP contribution in [0.15, 0.2) is 30.3 Å². The van der Waals surface area contributed by atoms with Crippen molar-refractivity contribution in [3.8, 4) is 5.75 Å². The molecule has 1 rings (SSSR count). The Morgan fingerprint density at radius 1 is 1.24 bits per heavy atom. The molecule has 0 heterocycles. The highest BCUT2D eigenvalue weighted by molar-refractivity contribution is 5.87. The van der Waals surface area contributed by atoms with Gasteiger partial charge in [0.2, 0.25) is 0 Å². The van der Waals surface area contributed by atoms with Crippen molar-refractivity contribution in [1.29, 1.82) is 0 Å². The third-order valence-corrected chi connectivity index (χ3v) is 1.94. The van der Waals surface area contributed by atoms with Crippen molar-refractivity contribution in [3.05, 3.63) is 35.9 Å². The van der Waals surface area contributed by atoms with E-state index in [1.54, 1.807) is 6.08 Å². The van der Waals surface area contributed by atoms with E-state index in [9.17, 15) is 4.79 Å². The molecule has 0 unspecified atom stereocenters. The standard InChI is InChI=1S/C14H18O3/c1-14(2,3)17-12-8-6-5-7-11(12)9-10-13(15)16-4/h5-10H,1-4H3/b10-9+. The summed E-state index contributed by atoms with van der Waals surface area (Å²) in [5.41, 5.74) is 0.586. The van der Waals surface area contributed by atoms with Crippen LogP contribution in [0, 0.1) is 0 Å². The van der Waals surface area contributed by atoms with E-state index in [1.165, 1.54) is 13.2 Å². The van der Waals surface area contributed by atoms with Gasteiger partial charge in [0, 0.05) is 11.6 Å². The fraction of sp³-hybridized carbons (Fsp3) is 0.357. The lowest BCUT2D eigenvalue weighted by Gasteiger charge is -2.22. The molecule has 92 valence electrons. The second-order valence-corrected chi connectivity index (χ2v) is 4.61. The van der Waals surface area contributed by atoms with Gasteiger partial charge in [0.15, 0.2) is 0 Å². The molecule has 3 heteroatoms. The Kier molecular flexibility index (Phi) is 4.32. The first-order valence-corrected chi connectivity index (χ1v) is 5.46. The van der Waals surface area contributed by atoms with E-state index in [0.717, 1.165) is 11.3 Å². The molecule has 1 aromatic carbocycles. The summed E-state index contributed by atoms with van der Waals surface area (Å²) in [6.07, 6.45) is 3.07. The summed E-state index contributed by atoms with van der Waals surface area (Å²) in [5.74, 6) is 0.371. The quantitative estimate of drug-likeness (QED) is 0.595. The number of hydrogen-bond donors (Lipinski definition) is 0. The maximum atomic E-state index is 11.0. The topological polar surface area (TPSA) is 35.5 Å². The highest BCUT2D eigenvalue weighted by atomic mass is 16.5. The second-order valence-electron chi connectivity index (χ2n) is 4.61. The van der Waals surface area contributed by atoms with E-state index in [0.29, 0.717) is 0 Å². The number of carbonyl (C=O) groups excluding carboxylic acids is 1. The first kappa shape index (κ1) is 13.3. The van der Waals surface area contributed by atoms with E-state index < -0.39 is 0 Å². The van der Waals surface area contributed by atoms with Gasteiger partial charge in [0.25, 0.3) is 0 Å². The van der Waals surface area contributed by atoms with Crippen molar-refractivity contribution < 1.29 is 14.3 Å². The average Bonchev–Trinajstić information content (AvgIpc) is 2.25. The van der Waals surface area contributed by atoms with Gasteiger partial charge in [-0.2, -0.15) is 0 Å². The zero-order chi connectivity index (χ0) is 12.9. The molecule has 0 saturated heterocycles. The van der Waals surface area contributed by atoms with Gasteiger partial charge in [-0.3, -0.25) is 0 Å². The monoisotopic (exact) mass is 234 g/mol. The Labute approximate surface area is 102 Å². The molecule has 0 fully saturated rings. The Balaban J connectivity index is 2.92. The maximum absolute atomic E-state index is 11.0. The third kappa shape index (κ3) is 4.72. The summed E-state index contributed by atoms with van der Waals surface area (Å²) in [5, 5.41) is 0. The third-order valence-electron chi connectivity index (χ3n) is 1.94. The molecule has 0 aliphatic carbocycles. The van der Waals surface area contributed by atoms with Crippen LogP contribution in [0.3, 0.4) is 0 Å². The van der Waals surface area contributed by atoms with Crippen LogP contribution >= 0.6 is 0 Å². The molecule has 0 radical (unpaired) electrons. The molecule has 0 aromatic heterocycles. The number of esters is 1. The van der Waals surface area contributed by atoms with Gasteiger partial charge in [0.05, 0.1) is 7.11 Å². The van der Waals surface area contributed by atoms with Crippen molar-refractivity contribution in [1.82, 2.24) is 0 Å². The normalized spacial score (nSPS) is 11.5. The maximum Gasteiger partial charge on any atom is 0.330 e. The highest BCUT2D eigenvalue weighted by Gasteiger charge is 2.13. The van der Waals surface area contributed by atoms with E-state index in [2.05, 4.69) is 4.74 Å². The largest absolute Gasteiger partial charge is 0.488 e. The fourth-order valence-electron chi connectivity index (χ4n) is 1.27. The second kappa shape index (κ2) is 5.53. The van der Waals surface area contributed by atoms with Crippen molar-refractivity contribution in [2.24, 2.45) is 0 Å². The molecule has 0 atom stereocenters. The number of para-hydroxylation sites is 1. The molecular weight excluding hydrogens is 216 g/mol. The summed E-state index contributed by atoms with van der Waals surface area (Å²) in [6, 6.07) is 7.56. The van der Waals surface area contributed by atoms with Gasteiger partial charge in [-0.05, 0) is 32.9 Å². The predicted molar refractivity (Wildman–Crippen MR) is 67.9 cm³/mol. The van der Waals surface area contributed by atoms with Gasteiger partial charge in [0.1, 0.15) is 11.4 Å². The Hall–Kier alpha value is -1.77. The van der Waals surface area contributed by atoms with Gasteiger partial charge >= 0.3 is 5.97 Å². The van der Waals surface area contributed by atoms with Crippen LogP contribution < -0.4 is 4.74 Å². The Bertz CT molecular complexity index is 414. The molecule has 0 N–H and O–H groups in total. The zero-order valence-electron chi connectivity index (χ0n) is 10.7. The number of ether oxygens (including phenoxy) is 2. The van der Waals surface area contributed by atoms with Crippen LogP contribution in [0.1, 0.15) is 26.3 Å². The van der Waals surface area contributed by atoms with Crippen molar-refractivity contribution >= 4 is 12.0 Å². The number of rotatable bonds is 3. The van der Waals surface area contributed by atoms with Gasteiger partial charge < -0.3 is 9.47 Å². The van der Waals surface area contributed by atoms with E-state index in [1.807, 2.05) is 45.0 Å². The number of carbonyl (C=O) groups is 1. The van der Waals surface area contributed by atoms with Gasteiger partial charge in [-0.25, -0.2) is 4.79 Å². The fourth-order valence-corrected chi connectivity index (χ4v) is 1.27. The van der Waals surface area contributed by atoms with E-state index in [-0.39, 0.29) is 11.6 Å². The number of benzene rings is 1. The predicted octanol–water partition coefficient (Wildman–Crippen LogP) is 3.05. The summed E-state index contributed by atoms with van der Waals surface area (Å²) in [6.45, 7) is 5.94. The molecule has 0 amide bonds. The molecule has 17 heavy (non-hydrogen) atoms. The van der Waals surface area contributed by atoms with Crippen LogP contribution in [-0.2, 0) is 9.53 Å². The molecule has 3 nitrogen and oxygen atoms in total. The molecular formula is C14H18O3.